The highest BCUT2D eigenvalue weighted by atomic mass is 32.2. The minimum absolute atomic E-state index is 0.302. The molecule has 0 aliphatic carbocycles. The van der Waals surface area contributed by atoms with Gasteiger partial charge >= 0.3 is 0 Å². The molecule has 1 saturated heterocycles. The van der Waals surface area contributed by atoms with Gasteiger partial charge in [-0.2, -0.15) is 0 Å². The molecule has 1 aliphatic heterocycles. The van der Waals surface area contributed by atoms with Crippen LogP contribution in [0, 0.1) is 13.8 Å². The number of nitrogens with one attached hydrogen (secondary N) is 1. The molecular formula is C20H18N2O3S. The van der Waals surface area contributed by atoms with E-state index < -0.39 is 17.1 Å². The van der Waals surface area contributed by atoms with Gasteiger partial charge in [-0.1, -0.05) is 36.4 Å². The van der Waals surface area contributed by atoms with E-state index >= 15 is 0 Å². The maximum absolute atomic E-state index is 12.4. The first-order chi connectivity index (χ1) is 12.4. The van der Waals surface area contributed by atoms with Crippen molar-refractivity contribution in [3.63, 3.8) is 0 Å². The van der Waals surface area contributed by atoms with Crippen LogP contribution in [0.4, 0.5) is 10.5 Å². The molecule has 26 heavy (non-hydrogen) atoms. The van der Waals surface area contributed by atoms with Crippen LogP contribution < -0.4 is 5.32 Å². The summed E-state index contributed by atoms with van der Waals surface area (Å²) in [6.07, 6.45) is 1.66. The van der Waals surface area contributed by atoms with E-state index in [0.717, 1.165) is 33.4 Å². The molecule has 6 heteroatoms. The molecule has 3 rings (SSSR count). The summed E-state index contributed by atoms with van der Waals surface area (Å²) in [6.45, 7) is 3.64. The van der Waals surface area contributed by atoms with Crippen molar-refractivity contribution in [2.24, 2.45) is 0 Å². The van der Waals surface area contributed by atoms with Gasteiger partial charge in [-0.25, -0.2) is 0 Å². The number of carbonyl (C=O) groups is 3. The summed E-state index contributed by atoms with van der Waals surface area (Å²) in [5, 5.41) is 2.29. The van der Waals surface area contributed by atoms with Crippen molar-refractivity contribution in [2.45, 2.75) is 13.8 Å². The first-order valence-electron chi connectivity index (χ1n) is 8.11. The average molecular weight is 366 g/mol. The van der Waals surface area contributed by atoms with Crippen LogP contribution in [0.2, 0.25) is 0 Å². The molecule has 2 aromatic carbocycles. The lowest BCUT2D eigenvalue weighted by Crippen LogP contribution is -2.36. The first kappa shape index (κ1) is 17.9. The van der Waals surface area contributed by atoms with Crippen molar-refractivity contribution < 1.29 is 14.4 Å². The largest absolute Gasteiger partial charge is 0.325 e. The zero-order valence-electron chi connectivity index (χ0n) is 14.5. The Labute approximate surface area is 156 Å². The monoisotopic (exact) mass is 366 g/mol. The first-order valence-corrected chi connectivity index (χ1v) is 8.93. The van der Waals surface area contributed by atoms with Gasteiger partial charge in [0.2, 0.25) is 5.91 Å². The summed E-state index contributed by atoms with van der Waals surface area (Å²) in [5.41, 5.74) is 3.65. The number of benzene rings is 2. The second kappa shape index (κ2) is 7.58. The minimum atomic E-state index is -0.445. The van der Waals surface area contributed by atoms with Crippen molar-refractivity contribution in [1.29, 1.82) is 0 Å². The quantitative estimate of drug-likeness (QED) is 0.831. The van der Waals surface area contributed by atoms with Gasteiger partial charge in [0, 0.05) is 5.69 Å². The Morgan fingerprint density at radius 2 is 1.81 bits per heavy atom. The molecule has 1 heterocycles. The van der Waals surface area contributed by atoms with E-state index in [4.69, 9.17) is 0 Å². The van der Waals surface area contributed by atoms with Gasteiger partial charge in [0.25, 0.3) is 11.1 Å². The molecule has 0 unspecified atom stereocenters. The van der Waals surface area contributed by atoms with Gasteiger partial charge in [-0.15, -0.1) is 0 Å². The van der Waals surface area contributed by atoms with Gasteiger partial charge in [0.1, 0.15) is 6.54 Å². The Kier molecular flexibility index (Phi) is 5.23. The van der Waals surface area contributed by atoms with Gasteiger partial charge in [0.05, 0.1) is 4.91 Å². The number of hydrogen-bond donors (Lipinski definition) is 1. The van der Waals surface area contributed by atoms with Crippen molar-refractivity contribution in [2.75, 3.05) is 11.9 Å². The number of nitrogens with zero attached hydrogens (tertiary/aromatic N) is 1. The van der Waals surface area contributed by atoms with Crippen molar-refractivity contribution in [3.8, 4) is 0 Å². The van der Waals surface area contributed by atoms with E-state index in [-0.39, 0.29) is 6.54 Å². The Morgan fingerprint density at radius 1 is 1.08 bits per heavy atom. The number of anilines is 1. The molecule has 2 aromatic rings. The zero-order chi connectivity index (χ0) is 18.7. The van der Waals surface area contributed by atoms with Crippen LogP contribution in [0.1, 0.15) is 16.7 Å². The van der Waals surface area contributed by atoms with E-state index in [9.17, 15) is 14.4 Å². The summed E-state index contributed by atoms with van der Waals surface area (Å²) in [7, 11) is 0. The standard InChI is InChI=1S/C20H18N2O3S/c1-13-8-9-16(10-14(13)2)21-18(23)12-22-19(24)17(26-20(22)25)11-15-6-4-3-5-7-15/h3-11H,12H2,1-2H3,(H,21,23)/b17-11+. The van der Waals surface area contributed by atoms with Gasteiger partial charge in [-0.3, -0.25) is 19.3 Å². The van der Waals surface area contributed by atoms with Gasteiger partial charge in [-0.05, 0) is 60.5 Å². The van der Waals surface area contributed by atoms with E-state index in [1.807, 2.05) is 56.3 Å². The predicted molar refractivity (Wildman–Crippen MR) is 104 cm³/mol. The van der Waals surface area contributed by atoms with E-state index in [1.54, 1.807) is 12.1 Å². The van der Waals surface area contributed by atoms with Crippen molar-refractivity contribution in [3.05, 3.63) is 70.1 Å². The lowest BCUT2D eigenvalue weighted by molar-refractivity contribution is -0.127. The summed E-state index contributed by atoms with van der Waals surface area (Å²) in [6, 6.07) is 14.8. The molecule has 3 amide bonds. The smallest absolute Gasteiger partial charge is 0.294 e. The van der Waals surface area contributed by atoms with Crippen LogP contribution in [0.3, 0.4) is 0 Å². The third-order valence-corrected chi connectivity index (χ3v) is 4.97. The van der Waals surface area contributed by atoms with Crippen LogP contribution in [-0.2, 0) is 9.59 Å². The number of aryl methyl sites for hydroxylation is 2. The van der Waals surface area contributed by atoms with Crippen LogP contribution in [0.25, 0.3) is 6.08 Å². The summed E-state index contributed by atoms with van der Waals surface area (Å²) in [4.78, 5) is 38.1. The molecule has 0 bridgehead atoms. The van der Waals surface area contributed by atoms with E-state index in [2.05, 4.69) is 5.32 Å². The Hall–Kier alpha value is -2.86. The zero-order valence-corrected chi connectivity index (χ0v) is 15.3. The third kappa shape index (κ3) is 4.03. The fourth-order valence-corrected chi connectivity index (χ4v) is 3.34. The van der Waals surface area contributed by atoms with Gasteiger partial charge < -0.3 is 5.32 Å². The second-order valence-corrected chi connectivity index (χ2v) is 7.02. The van der Waals surface area contributed by atoms with E-state index in [0.29, 0.717) is 10.6 Å². The number of carbonyl (C=O) groups excluding carboxylic acids is 3. The van der Waals surface area contributed by atoms with Crippen molar-refractivity contribution in [1.82, 2.24) is 4.90 Å². The minimum Gasteiger partial charge on any atom is -0.325 e. The topological polar surface area (TPSA) is 66.5 Å². The maximum Gasteiger partial charge on any atom is 0.294 e. The maximum atomic E-state index is 12.4. The number of amides is 3. The predicted octanol–water partition coefficient (Wildman–Crippen LogP) is 3.98. The molecule has 1 aliphatic rings. The number of hydrogen-bond acceptors (Lipinski definition) is 4. The number of imide groups is 1. The Balaban J connectivity index is 1.68. The lowest BCUT2D eigenvalue weighted by Gasteiger charge is -2.13. The molecule has 0 atom stereocenters. The molecule has 0 spiro atoms. The number of thioether (sulfide) groups is 1. The summed E-state index contributed by atoms with van der Waals surface area (Å²) < 4.78 is 0. The average Bonchev–Trinajstić information content (AvgIpc) is 2.86. The molecule has 5 nitrogen and oxygen atoms in total. The summed E-state index contributed by atoms with van der Waals surface area (Å²) >= 11 is 0.848. The number of rotatable bonds is 4. The van der Waals surface area contributed by atoms with Crippen LogP contribution in [0.15, 0.2) is 53.4 Å². The highest BCUT2D eigenvalue weighted by molar-refractivity contribution is 8.18. The molecule has 1 N–H and O–H groups in total. The van der Waals surface area contributed by atoms with Crippen molar-refractivity contribution >= 4 is 40.6 Å². The van der Waals surface area contributed by atoms with Crippen LogP contribution in [-0.4, -0.2) is 28.5 Å². The Morgan fingerprint density at radius 3 is 2.50 bits per heavy atom. The van der Waals surface area contributed by atoms with Crippen LogP contribution >= 0.6 is 11.8 Å². The highest BCUT2D eigenvalue weighted by Crippen LogP contribution is 2.32. The summed E-state index contributed by atoms with van der Waals surface area (Å²) in [5.74, 6) is -0.851. The molecule has 0 radical (unpaired) electrons. The molecule has 0 aromatic heterocycles. The SMILES string of the molecule is Cc1ccc(NC(=O)CN2C(=O)S/C(=C/c3ccccc3)C2=O)cc1C. The van der Waals surface area contributed by atoms with Crippen LogP contribution in [0.5, 0.6) is 0 Å². The molecular weight excluding hydrogens is 348 g/mol. The molecule has 0 saturated carbocycles. The lowest BCUT2D eigenvalue weighted by atomic mass is 10.1. The Bertz CT molecular complexity index is 907. The highest BCUT2D eigenvalue weighted by Gasteiger charge is 2.36. The van der Waals surface area contributed by atoms with Gasteiger partial charge in [0.15, 0.2) is 0 Å². The van der Waals surface area contributed by atoms with E-state index in [1.165, 1.54) is 0 Å². The molecule has 132 valence electrons. The molecule has 1 fully saturated rings. The fraction of sp³-hybridized carbons (Fsp3) is 0.150. The fourth-order valence-electron chi connectivity index (χ4n) is 2.50. The normalized spacial score (nSPS) is 15.6. The third-order valence-electron chi connectivity index (χ3n) is 4.06. The second-order valence-electron chi connectivity index (χ2n) is 6.03.